The molecule has 1 unspecified atom stereocenters. The van der Waals surface area contributed by atoms with Crippen LogP contribution in [0.25, 0.3) is 0 Å². The van der Waals surface area contributed by atoms with E-state index in [4.69, 9.17) is 0 Å². The summed E-state index contributed by atoms with van der Waals surface area (Å²) in [6.07, 6.45) is 4.85. The molecule has 1 heterocycles. The first-order valence-electron chi connectivity index (χ1n) is 5.37. The van der Waals surface area contributed by atoms with Gasteiger partial charge in [0, 0.05) is 18.3 Å². The van der Waals surface area contributed by atoms with Crippen molar-refractivity contribution in [3.05, 3.63) is 12.2 Å². The molecule has 0 aliphatic rings. The maximum absolute atomic E-state index is 4.25. The number of nitrogens with one attached hydrogen (secondary N) is 1. The molecule has 0 bridgehead atoms. The molecule has 0 saturated heterocycles. The van der Waals surface area contributed by atoms with Gasteiger partial charge in [-0.2, -0.15) is 16.9 Å². The van der Waals surface area contributed by atoms with Crippen molar-refractivity contribution >= 4 is 11.8 Å². The van der Waals surface area contributed by atoms with Gasteiger partial charge in [0.1, 0.15) is 12.2 Å². The molecule has 0 aliphatic carbocycles. The lowest BCUT2D eigenvalue weighted by molar-refractivity contribution is 0.519. The molecule has 0 amide bonds. The summed E-state index contributed by atoms with van der Waals surface area (Å²) in [5.74, 6) is 2.16. The Labute approximate surface area is 95.9 Å². The summed E-state index contributed by atoms with van der Waals surface area (Å²) in [7, 11) is 0. The lowest BCUT2D eigenvalue weighted by atomic mass is 10.4. The van der Waals surface area contributed by atoms with E-state index in [-0.39, 0.29) is 0 Å². The molecule has 5 heteroatoms. The van der Waals surface area contributed by atoms with Gasteiger partial charge in [0.25, 0.3) is 0 Å². The van der Waals surface area contributed by atoms with Gasteiger partial charge in [0.05, 0.1) is 6.54 Å². The highest BCUT2D eigenvalue weighted by atomic mass is 32.2. The standard InChI is InChI=1S/C10H20N4S/c1-4-5-14-10(12-8-13-14)6-11-9(2)7-15-3/h8-9,11H,4-7H2,1-3H3. The first kappa shape index (κ1) is 12.5. The van der Waals surface area contributed by atoms with Crippen molar-refractivity contribution in [2.45, 2.75) is 39.4 Å². The van der Waals surface area contributed by atoms with Crippen LogP contribution in [0.2, 0.25) is 0 Å². The minimum atomic E-state index is 0.520. The van der Waals surface area contributed by atoms with Crippen LogP contribution in [0.5, 0.6) is 0 Å². The zero-order chi connectivity index (χ0) is 11.1. The van der Waals surface area contributed by atoms with Gasteiger partial charge in [-0.15, -0.1) is 0 Å². The molecule has 4 nitrogen and oxygen atoms in total. The highest BCUT2D eigenvalue weighted by molar-refractivity contribution is 7.98. The number of hydrogen-bond donors (Lipinski definition) is 1. The van der Waals surface area contributed by atoms with E-state index in [0.29, 0.717) is 6.04 Å². The summed E-state index contributed by atoms with van der Waals surface area (Å²) < 4.78 is 1.97. The lowest BCUT2D eigenvalue weighted by Gasteiger charge is -2.12. The van der Waals surface area contributed by atoms with Gasteiger partial charge in [0.2, 0.25) is 0 Å². The maximum Gasteiger partial charge on any atom is 0.140 e. The van der Waals surface area contributed by atoms with Crippen LogP contribution < -0.4 is 5.32 Å². The monoisotopic (exact) mass is 228 g/mol. The van der Waals surface area contributed by atoms with Crippen LogP contribution >= 0.6 is 11.8 Å². The van der Waals surface area contributed by atoms with Crippen LogP contribution in [0.1, 0.15) is 26.1 Å². The summed E-state index contributed by atoms with van der Waals surface area (Å²) >= 11 is 1.86. The molecule has 0 saturated carbocycles. The van der Waals surface area contributed by atoms with E-state index in [0.717, 1.165) is 31.1 Å². The third-order valence-corrected chi connectivity index (χ3v) is 2.99. The highest BCUT2D eigenvalue weighted by Gasteiger charge is 2.05. The Kier molecular flexibility index (Phi) is 5.71. The second-order valence-corrected chi connectivity index (χ2v) is 4.55. The second kappa shape index (κ2) is 6.85. The van der Waals surface area contributed by atoms with Crippen LogP contribution in [-0.4, -0.2) is 32.8 Å². The summed E-state index contributed by atoms with van der Waals surface area (Å²) in [4.78, 5) is 4.25. The normalized spacial score (nSPS) is 13.0. The van der Waals surface area contributed by atoms with E-state index < -0.39 is 0 Å². The Balaban J connectivity index is 2.39. The first-order chi connectivity index (χ1) is 7.27. The average Bonchev–Trinajstić information content (AvgIpc) is 2.64. The largest absolute Gasteiger partial charge is 0.307 e. The van der Waals surface area contributed by atoms with Gasteiger partial charge in [-0.1, -0.05) is 6.92 Å². The Bertz CT molecular complexity index is 274. The fraction of sp³-hybridized carbons (Fsp3) is 0.800. The highest BCUT2D eigenvalue weighted by Crippen LogP contribution is 1.99. The first-order valence-corrected chi connectivity index (χ1v) is 6.76. The van der Waals surface area contributed by atoms with E-state index >= 15 is 0 Å². The van der Waals surface area contributed by atoms with Crippen LogP contribution in [0.4, 0.5) is 0 Å². The second-order valence-electron chi connectivity index (χ2n) is 3.64. The molecule has 1 aromatic rings. The third kappa shape index (κ3) is 4.22. The number of nitrogens with zero attached hydrogens (tertiary/aromatic N) is 3. The van der Waals surface area contributed by atoms with Crippen molar-refractivity contribution in [3.63, 3.8) is 0 Å². The molecule has 86 valence electrons. The predicted molar refractivity (Wildman–Crippen MR) is 65.0 cm³/mol. The third-order valence-electron chi connectivity index (χ3n) is 2.16. The van der Waals surface area contributed by atoms with E-state index in [9.17, 15) is 0 Å². The molecular weight excluding hydrogens is 208 g/mol. The molecule has 1 N–H and O–H groups in total. The SMILES string of the molecule is CCCn1ncnc1CNC(C)CSC. The average molecular weight is 228 g/mol. The van der Waals surface area contributed by atoms with Crippen LogP contribution in [0.3, 0.4) is 0 Å². The number of aromatic nitrogens is 3. The Morgan fingerprint density at radius 1 is 1.60 bits per heavy atom. The van der Waals surface area contributed by atoms with Crippen molar-refractivity contribution in [1.29, 1.82) is 0 Å². The number of hydrogen-bond acceptors (Lipinski definition) is 4. The van der Waals surface area contributed by atoms with Crippen molar-refractivity contribution in [2.75, 3.05) is 12.0 Å². The molecule has 0 aliphatic heterocycles. The van der Waals surface area contributed by atoms with Gasteiger partial charge in [-0.3, -0.25) is 0 Å². The molecule has 0 radical (unpaired) electrons. The molecular formula is C10H20N4S. The predicted octanol–water partition coefficient (Wildman–Crippen LogP) is 1.53. The molecule has 0 aromatic carbocycles. The van der Waals surface area contributed by atoms with Crippen LogP contribution in [-0.2, 0) is 13.1 Å². The minimum Gasteiger partial charge on any atom is -0.307 e. The molecule has 1 aromatic heterocycles. The summed E-state index contributed by atoms with van der Waals surface area (Å²) in [5.41, 5.74) is 0. The van der Waals surface area contributed by atoms with Gasteiger partial charge in [0.15, 0.2) is 0 Å². The molecule has 1 rings (SSSR count). The van der Waals surface area contributed by atoms with E-state index in [1.54, 1.807) is 6.33 Å². The van der Waals surface area contributed by atoms with Gasteiger partial charge in [-0.05, 0) is 19.6 Å². The fourth-order valence-corrected chi connectivity index (χ4v) is 2.02. The summed E-state index contributed by atoms with van der Waals surface area (Å²) in [5, 5.41) is 7.63. The van der Waals surface area contributed by atoms with Crippen molar-refractivity contribution in [2.24, 2.45) is 0 Å². The molecule has 0 spiro atoms. The topological polar surface area (TPSA) is 42.7 Å². The lowest BCUT2D eigenvalue weighted by Crippen LogP contribution is -2.29. The van der Waals surface area contributed by atoms with E-state index in [1.165, 1.54) is 0 Å². The van der Waals surface area contributed by atoms with Gasteiger partial charge < -0.3 is 5.32 Å². The Morgan fingerprint density at radius 2 is 2.40 bits per heavy atom. The van der Waals surface area contributed by atoms with Crippen molar-refractivity contribution in [1.82, 2.24) is 20.1 Å². The van der Waals surface area contributed by atoms with Gasteiger partial charge >= 0.3 is 0 Å². The minimum absolute atomic E-state index is 0.520. The maximum atomic E-state index is 4.25. The van der Waals surface area contributed by atoms with Crippen LogP contribution in [0.15, 0.2) is 6.33 Å². The van der Waals surface area contributed by atoms with E-state index in [2.05, 4.69) is 35.5 Å². The van der Waals surface area contributed by atoms with E-state index in [1.807, 2.05) is 16.4 Å². The molecule has 1 atom stereocenters. The molecule has 15 heavy (non-hydrogen) atoms. The van der Waals surface area contributed by atoms with Gasteiger partial charge in [-0.25, -0.2) is 9.67 Å². The Morgan fingerprint density at radius 3 is 3.07 bits per heavy atom. The smallest absolute Gasteiger partial charge is 0.140 e. The number of thioether (sulfide) groups is 1. The summed E-state index contributed by atoms with van der Waals surface area (Å²) in [6, 6.07) is 0.520. The summed E-state index contributed by atoms with van der Waals surface area (Å²) in [6.45, 7) is 6.10. The Hall–Kier alpha value is -0.550. The quantitative estimate of drug-likeness (QED) is 0.768. The van der Waals surface area contributed by atoms with Crippen molar-refractivity contribution in [3.8, 4) is 0 Å². The number of aryl methyl sites for hydroxylation is 1. The molecule has 0 fully saturated rings. The van der Waals surface area contributed by atoms with Crippen molar-refractivity contribution < 1.29 is 0 Å². The van der Waals surface area contributed by atoms with Crippen LogP contribution in [0, 0.1) is 0 Å². The zero-order valence-electron chi connectivity index (χ0n) is 9.73. The zero-order valence-corrected chi connectivity index (χ0v) is 10.5. The fourth-order valence-electron chi connectivity index (χ4n) is 1.40. The number of rotatable bonds is 7.